The van der Waals surface area contributed by atoms with Gasteiger partial charge in [-0.15, -0.1) is 11.3 Å². The van der Waals surface area contributed by atoms with Gasteiger partial charge in [0.1, 0.15) is 5.52 Å². The number of halogens is 3. The van der Waals surface area contributed by atoms with E-state index < -0.39 is 18.1 Å². The number of fused-ring (bicyclic) bond motifs is 1. The monoisotopic (exact) mass is 329 g/mol. The quantitative estimate of drug-likeness (QED) is 0.804. The molecule has 1 amide bonds. The molecule has 2 unspecified atom stereocenters. The maximum absolute atomic E-state index is 12.8. The summed E-state index contributed by atoms with van der Waals surface area (Å²) < 4.78 is 39.2. The lowest BCUT2D eigenvalue weighted by Gasteiger charge is -2.37. The number of likely N-dealkylation sites (tertiary alicyclic amines) is 1. The zero-order chi connectivity index (χ0) is 15.9. The molecular formula is C14H14F3N3OS. The molecular weight excluding hydrogens is 315 g/mol. The van der Waals surface area contributed by atoms with Crippen LogP contribution in [0, 0.1) is 5.92 Å². The first-order chi connectivity index (χ1) is 10.4. The third-order valence-electron chi connectivity index (χ3n) is 3.97. The van der Waals surface area contributed by atoms with Crippen molar-refractivity contribution in [3.05, 3.63) is 23.5 Å². The Hall–Kier alpha value is -1.70. The van der Waals surface area contributed by atoms with Crippen molar-refractivity contribution in [3.8, 4) is 0 Å². The number of aromatic nitrogens is 2. The van der Waals surface area contributed by atoms with Crippen LogP contribution < -0.4 is 0 Å². The first-order valence-electron chi connectivity index (χ1n) is 6.94. The lowest BCUT2D eigenvalue weighted by atomic mass is 9.91. The minimum Gasteiger partial charge on any atom is -0.334 e. The highest BCUT2D eigenvalue weighted by molar-refractivity contribution is 7.20. The van der Waals surface area contributed by atoms with E-state index in [9.17, 15) is 18.0 Å². The summed E-state index contributed by atoms with van der Waals surface area (Å²) in [5, 5.41) is 0.306. The molecule has 0 aromatic carbocycles. The van der Waals surface area contributed by atoms with Gasteiger partial charge in [0, 0.05) is 18.8 Å². The molecule has 0 saturated carbocycles. The number of thiazole rings is 1. The lowest BCUT2D eigenvalue weighted by molar-refractivity contribution is -0.187. The lowest BCUT2D eigenvalue weighted by Crippen LogP contribution is -2.47. The maximum atomic E-state index is 12.8. The van der Waals surface area contributed by atoms with Gasteiger partial charge in [-0.05, 0) is 25.8 Å². The van der Waals surface area contributed by atoms with E-state index in [-0.39, 0.29) is 25.3 Å². The highest BCUT2D eigenvalue weighted by Crippen LogP contribution is 2.37. The van der Waals surface area contributed by atoms with Crippen LogP contribution in [-0.2, 0) is 0 Å². The Morgan fingerprint density at radius 3 is 2.86 bits per heavy atom. The summed E-state index contributed by atoms with van der Waals surface area (Å²) in [7, 11) is 0. The van der Waals surface area contributed by atoms with Crippen molar-refractivity contribution in [2.75, 3.05) is 6.54 Å². The van der Waals surface area contributed by atoms with Crippen molar-refractivity contribution in [3.63, 3.8) is 0 Å². The number of alkyl halides is 3. The molecule has 1 aliphatic heterocycles. The van der Waals surface area contributed by atoms with E-state index in [1.54, 1.807) is 25.4 Å². The molecule has 2 aromatic heterocycles. The molecule has 2 atom stereocenters. The van der Waals surface area contributed by atoms with E-state index in [4.69, 9.17) is 0 Å². The molecule has 3 rings (SSSR count). The van der Waals surface area contributed by atoms with Crippen molar-refractivity contribution in [1.29, 1.82) is 0 Å². The Balaban J connectivity index is 1.78. The number of carbonyl (C=O) groups excluding carboxylic acids is 1. The molecule has 0 bridgehead atoms. The summed E-state index contributed by atoms with van der Waals surface area (Å²) >= 11 is 1.24. The number of rotatable bonds is 1. The summed E-state index contributed by atoms with van der Waals surface area (Å²) in [6.45, 7) is 1.77. The van der Waals surface area contributed by atoms with Gasteiger partial charge in [0.2, 0.25) is 0 Å². The number of piperidine rings is 1. The summed E-state index contributed by atoms with van der Waals surface area (Å²) in [6, 6.07) is 1.32. The minimum atomic E-state index is -4.19. The van der Waals surface area contributed by atoms with Crippen LogP contribution in [0.4, 0.5) is 13.2 Å². The zero-order valence-electron chi connectivity index (χ0n) is 11.8. The molecule has 8 heteroatoms. The number of hydrogen-bond acceptors (Lipinski definition) is 4. The average Bonchev–Trinajstić information content (AvgIpc) is 2.89. The molecule has 0 spiro atoms. The van der Waals surface area contributed by atoms with Crippen LogP contribution in [0.3, 0.4) is 0 Å². The van der Waals surface area contributed by atoms with E-state index in [1.807, 2.05) is 0 Å². The number of nitrogens with zero attached hydrogens (tertiary/aromatic N) is 3. The molecule has 4 nitrogen and oxygen atoms in total. The van der Waals surface area contributed by atoms with Crippen LogP contribution >= 0.6 is 11.3 Å². The van der Waals surface area contributed by atoms with Gasteiger partial charge < -0.3 is 4.90 Å². The Morgan fingerprint density at radius 1 is 1.45 bits per heavy atom. The largest absolute Gasteiger partial charge is 0.391 e. The van der Waals surface area contributed by atoms with Crippen molar-refractivity contribution < 1.29 is 18.0 Å². The van der Waals surface area contributed by atoms with Crippen LogP contribution in [0.15, 0.2) is 18.5 Å². The highest BCUT2D eigenvalue weighted by atomic mass is 32.1. The van der Waals surface area contributed by atoms with Gasteiger partial charge >= 0.3 is 6.18 Å². The van der Waals surface area contributed by atoms with Crippen molar-refractivity contribution >= 4 is 27.5 Å². The van der Waals surface area contributed by atoms with Gasteiger partial charge in [0.25, 0.3) is 5.91 Å². The van der Waals surface area contributed by atoms with Crippen LogP contribution in [0.5, 0.6) is 0 Å². The first kappa shape index (κ1) is 15.2. The Morgan fingerprint density at radius 2 is 2.23 bits per heavy atom. The Kier molecular flexibility index (Phi) is 3.80. The van der Waals surface area contributed by atoms with Crippen LogP contribution in [0.2, 0.25) is 0 Å². The summed E-state index contributed by atoms with van der Waals surface area (Å²) in [6.07, 6.45) is -1.10. The molecule has 2 aromatic rings. The standard InChI is InChI=1S/C14H14F3N3OS/c1-8-6-9(14(15,16)17)3-5-20(8)13(21)12-19-10-7-18-4-2-11(10)22-12/h2,4,7-9H,3,5-6H2,1H3. The molecule has 0 radical (unpaired) electrons. The second kappa shape index (κ2) is 5.49. The average molecular weight is 329 g/mol. The predicted molar refractivity (Wildman–Crippen MR) is 76.7 cm³/mol. The maximum Gasteiger partial charge on any atom is 0.391 e. The fourth-order valence-corrected chi connectivity index (χ4v) is 3.65. The molecule has 22 heavy (non-hydrogen) atoms. The van der Waals surface area contributed by atoms with Crippen molar-refractivity contribution in [2.24, 2.45) is 5.92 Å². The van der Waals surface area contributed by atoms with Gasteiger partial charge in [-0.25, -0.2) is 4.98 Å². The van der Waals surface area contributed by atoms with Gasteiger partial charge in [0.15, 0.2) is 5.01 Å². The van der Waals surface area contributed by atoms with Gasteiger partial charge in [-0.1, -0.05) is 0 Å². The second-order valence-corrected chi connectivity index (χ2v) is 6.50. The first-order valence-corrected chi connectivity index (χ1v) is 7.76. The number of amides is 1. The molecule has 118 valence electrons. The van der Waals surface area contributed by atoms with E-state index in [0.717, 1.165) is 4.70 Å². The van der Waals surface area contributed by atoms with Crippen LogP contribution in [0.1, 0.15) is 29.6 Å². The zero-order valence-corrected chi connectivity index (χ0v) is 12.6. The van der Waals surface area contributed by atoms with Gasteiger partial charge in [0.05, 0.1) is 16.8 Å². The van der Waals surface area contributed by atoms with Crippen LogP contribution in [0.25, 0.3) is 10.2 Å². The molecule has 1 aliphatic rings. The smallest absolute Gasteiger partial charge is 0.334 e. The molecule has 3 heterocycles. The fraction of sp³-hybridized carbons (Fsp3) is 0.500. The second-order valence-electron chi connectivity index (χ2n) is 5.47. The highest BCUT2D eigenvalue weighted by Gasteiger charge is 2.44. The third kappa shape index (κ3) is 2.79. The topological polar surface area (TPSA) is 46.1 Å². The van der Waals surface area contributed by atoms with Gasteiger partial charge in [-0.2, -0.15) is 13.2 Å². The summed E-state index contributed by atoms with van der Waals surface area (Å²) in [5.41, 5.74) is 0.633. The SMILES string of the molecule is CC1CC(C(F)(F)F)CCN1C(=O)c1nc2cnccc2s1. The third-order valence-corrected chi connectivity index (χ3v) is 5.00. The minimum absolute atomic E-state index is 0.0496. The molecule has 0 aliphatic carbocycles. The number of hydrogen-bond donors (Lipinski definition) is 0. The Bertz CT molecular complexity index is 667. The van der Waals surface area contributed by atoms with E-state index in [1.165, 1.54) is 16.2 Å². The molecule has 0 N–H and O–H groups in total. The summed E-state index contributed by atoms with van der Waals surface area (Å²) in [4.78, 5) is 22.2. The predicted octanol–water partition coefficient (Wildman–Crippen LogP) is 3.49. The Labute approximate surface area is 129 Å². The number of carbonyl (C=O) groups is 1. The van der Waals surface area contributed by atoms with Crippen molar-refractivity contribution in [2.45, 2.75) is 32.0 Å². The summed E-state index contributed by atoms with van der Waals surface area (Å²) in [5.74, 6) is -1.62. The molecule has 1 saturated heterocycles. The van der Waals surface area contributed by atoms with E-state index in [0.29, 0.717) is 10.5 Å². The fourth-order valence-electron chi connectivity index (χ4n) is 2.77. The van der Waals surface area contributed by atoms with E-state index in [2.05, 4.69) is 9.97 Å². The van der Waals surface area contributed by atoms with Crippen LogP contribution in [-0.4, -0.2) is 39.5 Å². The number of pyridine rings is 1. The van der Waals surface area contributed by atoms with Crippen molar-refractivity contribution in [1.82, 2.24) is 14.9 Å². The molecule has 1 fully saturated rings. The normalized spacial score (nSPS) is 23.0. The van der Waals surface area contributed by atoms with Gasteiger partial charge in [-0.3, -0.25) is 9.78 Å². The van der Waals surface area contributed by atoms with E-state index >= 15 is 0 Å².